The van der Waals surface area contributed by atoms with E-state index in [2.05, 4.69) is 17.4 Å². The van der Waals surface area contributed by atoms with E-state index in [9.17, 15) is 14.8 Å². The van der Waals surface area contributed by atoms with Crippen molar-refractivity contribution in [1.29, 1.82) is 0 Å². The predicted molar refractivity (Wildman–Crippen MR) is 99.3 cm³/mol. The summed E-state index contributed by atoms with van der Waals surface area (Å²) in [4.78, 5) is 23.8. The van der Waals surface area contributed by atoms with Crippen molar-refractivity contribution in [3.05, 3.63) is 46.7 Å². The Hall–Kier alpha value is -3.26. The number of nitrogens with zero attached hydrogens (tertiary/aromatic N) is 1. The van der Waals surface area contributed by atoms with Gasteiger partial charge in [-0.15, -0.1) is 0 Å². The zero-order valence-electron chi connectivity index (χ0n) is 14.1. The Morgan fingerprint density at radius 3 is 2.38 bits per heavy atom. The SMILES string of the molecule is C=[N+](O)c1ccc(-c2ccc(C=C3C(=O)NC(=S)NC3=O)o2)c(C)c1C. The van der Waals surface area contributed by atoms with Crippen molar-refractivity contribution in [2.24, 2.45) is 0 Å². The van der Waals surface area contributed by atoms with Crippen LogP contribution in [0.15, 0.2) is 34.3 Å². The standard InChI is InChI=1S/C18H15N3O4S/c1-9-10(2)14(21(3)24)6-5-12(9)15-7-4-11(25-15)8-13-16(22)19-18(26)20-17(13)23/h4-8H,3H2,1-2H3,(H2-,19,20,22,23,24,26)/p+1. The molecule has 0 radical (unpaired) electrons. The summed E-state index contributed by atoms with van der Waals surface area (Å²) in [7, 11) is 0. The van der Waals surface area contributed by atoms with Crippen LogP contribution in [-0.4, -0.2) is 33.6 Å². The van der Waals surface area contributed by atoms with Crippen LogP contribution in [0.1, 0.15) is 16.9 Å². The number of hydrogen-bond donors (Lipinski definition) is 3. The minimum atomic E-state index is -0.577. The van der Waals surface area contributed by atoms with Gasteiger partial charge in [0.2, 0.25) is 0 Å². The summed E-state index contributed by atoms with van der Waals surface area (Å²) >= 11 is 4.76. The van der Waals surface area contributed by atoms with Crippen molar-refractivity contribution >= 4 is 47.6 Å². The molecule has 1 fully saturated rings. The highest BCUT2D eigenvalue weighted by atomic mass is 32.1. The first kappa shape index (κ1) is 17.6. The molecular weight excluding hydrogens is 354 g/mol. The fourth-order valence-electron chi connectivity index (χ4n) is 2.68. The number of thiocarbonyl (C=S) groups is 1. The Balaban J connectivity index is 1.96. The first-order valence-electron chi connectivity index (χ1n) is 7.66. The van der Waals surface area contributed by atoms with E-state index in [1.54, 1.807) is 24.3 Å². The van der Waals surface area contributed by atoms with Crippen LogP contribution in [0.3, 0.4) is 0 Å². The lowest BCUT2D eigenvalue weighted by Crippen LogP contribution is -2.51. The number of benzene rings is 1. The third-order valence-corrected chi connectivity index (χ3v) is 4.36. The molecular formula is C18H16N3O4S+. The van der Waals surface area contributed by atoms with Gasteiger partial charge in [0.05, 0.1) is 0 Å². The second-order valence-corrected chi connectivity index (χ2v) is 6.19. The van der Waals surface area contributed by atoms with Gasteiger partial charge in [0.1, 0.15) is 17.1 Å². The van der Waals surface area contributed by atoms with Crippen molar-refractivity contribution in [3.8, 4) is 11.3 Å². The van der Waals surface area contributed by atoms with Crippen molar-refractivity contribution in [2.75, 3.05) is 0 Å². The van der Waals surface area contributed by atoms with Crippen LogP contribution in [0.25, 0.3) is 17.4 Å². The smallest absolute Gasteiger partial charge is 0.263 e. The zero-order valence-corrected chi connectivity index (χ0v) is 14.9. The zero-order chi connectivity index (χ0) is 19.0. The monoisotopic (exact) mass is 370 g/mol. The van der Waals surface area contributed by atoms with E-state index in [-0.39, 0.29) is 10.7 Å². The molecule has 26 heavy (non-hydrogen) atoms. The van der Waals surface area contributed by atoms with Gasteiger partial charge in [-0.3, -0.25) is 25.4 Å². The van der Waals surface area contributed by atoms with Gasteiger partial charge in [0.15, 0.2) is 11.8 Å². The molecule has 2 amide bonds. The van der Waals surface area contributed by atoms with Crippen molar-refractivity contribution < 1.29 is 24.0 Å². The summed E-state index contributed by atoms with van der Waals surface area (Å²) in [6, 6.07) is 6.95. The summed E-state index contributed by atoms with van der Waals surface area (Å²) in [5.41, 5.74) is 3.10. The highest BCUT2D eigenvalue weighted by Gasteiger charge is 2.26. The van der Waals surface area contributed by atoms with Crippen LogP contribution in [0, 0.1) is 13.8 Å². The molecule has 1 saturated heterocycles. The lowest BCUT2D eigenvalue weighted by Gasteiger charge is -2.15. The van der Waals surface area contributed by atoms with Crippen LogP contribution >= 0.6 is 12.2 Å². The van der Waals surface area contributed by atoms with E-state index in [4.69, 9.17) is 16.6 Å². The Labute approximate surface area is 154 Å². The van der Waals surface area contributed by atoms with Gasteiger partial charge in [-0.05, 0) is 55.9 Å². The molecule has 132 valence electrons. The van der Waals surface area contributed by atoms with Gasteiger partial charge in [-0.1, -0.05) is 0 Å². The molecule has 3 N–H and O–H groups in total. The van der Waals surface area contributed by atoms with Gasteiger partial charge in [0.25, 0.3) is 17.5 Å². The molecule has 0 atom stereocenters. The highest BCUT2D eigenvalue weighted by Crippen LogP contribution is 2.32. The third-order valence-electron chi connectivity index (χ3n) is 4.16. The average molecular weight is 370 g/mol. The maximum absolute atomic E-state index is 11.9. The molecule has 1 aromatic heterocycles. The molecule has 1 aliphatic rings. The molecule has 0 bridgehead atoms. The summed E-state index contributed by atoms with van der Waals surface area (Å²) in [6.07, 6.45) is 1.36. The first-order valence-corrected chi connectivity index (χ1v) is 8.07. The number of carbonyl (C=O) groups is 2. The van der Waals surface area contributed by atoms with Crippen LogP contribution in [0.2, 0.25) is 0 Å². The molecule has 2 aromatic rings. The molecule has 1 aliphatic heterocycles. The second-order valence-electron chi connectivity index (χ2n) is 5.78. The molecule has 7 nitrogen and oxygen atoms in total. The summed E-state index contributed by atoms with van der Waals surface area (Å²) in [5.74, 6) is -0.224. The topological polar surface area (TPSA) is 94.6 Å². The van der Waals surface area contributed by atoms with Crippen LogP contribution in [-0.2, 0) is 9.59 Å². The summed E-state index contributed by atoms with van der Waals surface area (Å²) < 4.78 is 6.59. The van der Waals surface area contributed by atoms with Gasteiger partial charge in [0, 0.05) is 21.9 Å². The molecule has 3 rings (SSSR count). The van der Waals surface area contributed by atoms with E-state index in [1.807, 2.05) is 13.8 Å². The molecule has 8 heteroatoms. The fraction of sp³-hybridized carbons (Fsp3) is 0.111. The minimum absolute atomic E-state index is 0.0215. The Morgan fingerprint density at radius 1 is 1.12 bits per heavy atom. The van der Waals surface area contributed by atoms with Gasteiger partial charge in [-0.2, -0.15) is 0 Å². The summed E-state index contributed by atoms with van der Waals surface area (Å²) in [5, 5.41) is 14.3. The Bertz CT molecular complexity index is 982. The Kier molecular flexibility index (Phi) is 4.43. The number of rotatable bonds is 3. The molecule has 0 unspecified atom stereocenters. The average Bonchev–Trinajstić information content (AvgIpc) is 3.01. The van der Waals surface area contributed by atoms with E-state index < -0.39 is 11.8 Å². The molecule has 1 aromatic carbocycles. The van der Waals surface area contributed by atoms with Gasteiger partial charge >= 0.3 is 0 Å². The number of carbonyl (C=O) groups excluding carboxylic acids is 2. The van der Waals surface area contributed by atoms with Gasteiger partial charge in [-0.25, -0.2) is 0 Å². The van der Waals surface area contributed by atoms with Crippen LogP contribution in [0.5, 0.6) is 0 Å². The number of nitrogens with one attached hydrogen (secondary N) is 2. The second kappa shape index (κ2) is 6.57. The van der Waals surface area contributed by atoms with Crippen molar-refractivity contribution in [3.63, 3.8) is 0 Å². The van der Waals surface area contributed by atoms with E-state index >= 15 is 0 Å². The first-order chi connectivity index (χ1) is 12.3. The van der Waals surface area contributed by atoms with Crippen molar-refractivity contribution in [1.82, 2.24) is 10.6 Å². The molecule has 0 saturated carbocycles. The number of furan rings is 1. The highest BCUT2D eigenvalue weighted by molar-refractivity contribution is 7.80. The van der Waals surface area contributed by atoms with E-state index in [1.165, 1.54) is 6.08 Å². The molecule has 2 heterocycles. The quantitative estimate of drug-likeness (QED) is 0.146. The predicted octanol–water partition coefficient (Wildman–Crippen LogP) is 2.21. The van der Waals surface area contributed by atoms with Gasteiger partial charge < -0.3 is 4.42 Å². The maximum Gasteiger partial charge on any atom is 0.263 e. The van der Waals surface area contributed by atoms with Crippen LogP contribution in [0.4, 0.5) is 5.69 Å². The third kappa shape index (κ3) is 3.14. The Morgan fingerprint density at radius 2 is 1.77 bits per heavy atom. The normalized spacial score (nSPS) is 14.1. The molecule has 0 spiro atoms. The van der Waals surface area contributed by atoms with Crippen molar-refractivity contribution in [2.45, 2.75) is 13.8 Å². The van der Waals surface area contributed by atoms with E-state index in [0.29, 0.717) is 17.2 Å². The maximum atomic E-state index is 11.9. The lowest BCUT2D eigenvalue weighted by molar-refractivity contribution is -0.706. The largest absolute Gasteiger partial charge is 0.457 e. The van der Waals surface area contributed by atoms with E-state index in [0.717, 1.165) is 21.4 Å². The van der Waals surface area contributed by atoms with Crippen LogP contribution < -0.4 is 10.6 Å². The fourth-order valence-corrected chi connectivity index (χ4v) is 2.86. The number of hydrogen-bond acceptors (Lipinski definition) is 5. The minimum Gasteiger partial charge on any atom is -0.457 e. The summed E-state index contributed by atoms with van der Waals surface area (Å²) in [6.45, 7) is 7.25. The lowest BCUT2D eigenvalue weighted by atomic mass is 10.00. The number of amides is 2. The molecule has 0 aliphatic carbocycles.